The van der Waals surface area contributed by atoms with Gasteiger partial charge in [0.15, 0.2) is 11.6 Å². The molecule has 0 fully saturated rings. The average molecular weight is 206 g/mol. The smallest absolute Gasteiger partial charge is 0.165 e. The predicted octanol–water partition coefficient (Wildman–Crippen LogP) is 3.73. The van der Waals surface area contributed by atoms with Crippen molar-refractivity contribution in [1.82, 2.24) is 0 Å². The Balaban J connectivity index is 2.78. The van der Waals surface area contributed by atoms with Crippen molar-refractivity contribution in [1.29, 1.82) is 0 Å². The Bertz CT molecular complexity index is 369. The molecule has 1 nitrogen and oxygen atoms in total. The molecule has 0 amide bonds. The van der Waals surface area contributed by atoms with Gasteiger partial charge in [-0.2, -0.15) is 0 Å². The normalized spacial score (nSPS) is 13.4. The minimum Gasteiger partial charge on any atom is -0.483 e. The van der Waals surface area contributed by atoms with Crippen molar-refractivity contribution in [3.8, 4) is 5.75 Å². The molecule has 2 heteroatoms. The monoisotopic (exact) mass is 206 g/mol. The van der Waals surface area contributed by atoms with Gasteiger partial charge in [0, 0.05) is 0 Å². The van der Waals surface area contributed by atoms with Crippen molar-refractivity contribution in [2.45, 2.75) is 20.0 Å². The van der Waals surface area contributed by atoms with Gasteiger partial charge in [0.2, 0.25) is 0 Å². The van der Waals surface area contributed by atoms with E-state index >= 15 is 0 Å². The summed E-state index contributed by atoms with van der Waals surface area (Å²) >= 11 is 0. The van der Waals surface area contributed by atoms with Gasteiger partial charge in [0.25, 0.3) is 0 Å². The Morgan fingerprint density at radius 2 is 2.13 bits per heavy atom. The molecule has 0 radical (unpaired) electrons. The molecule has 0 aliphatic rings. The van der Waals surface area contributed by atoms with E-state index in [1.807, 2.05) is 19.9 Å². The van der Waals surface area contributed by atoms with Crippen LogP contribution in [0.1, 0.15) is 13.8 Å². The largest absolute Gasteiger partial charge is 0.483 e. The zero-order valence-electron chi connectivity index (χ0n) is 9.03. The maximum absolute atomic E-state index is 13.3. The molecular weight excluding hydrogens is 191 g/mol. The summed E-state index contributed by atoms with van der Waals surface area (Å²) in [5.41, 5.74) is 0.943. The highest BCUT2D eigenvalue weighted by atomic mass is 19.1. The molecule has 0 N–H and O–H groups in total. The van der Waals surface area contributed by atoms with E-state index in [0.29, 0.717) is 0 Å². The lowest BCUT2D eigenvalue weighted by Gasteiger charge is -2.15. The lowest BCUT2D eigenvalue weighted by molar-refractivity contribution is 0.249. The number of hydrogen-bond acceptors (Lipinski definition) is 1. The molecule has 0 spiro atoms. The van der Waals surface area contributed by atoms with Crippen LogP contribution in [0, 0.1) is 5.82 Å². The van der Waals surface area contributed by atoms with E-state index in [1.54, 1.807) is 24.3 Å². The summed E-state index contributed by atoms with van der Waals surface area (Å²) in [6.45, 7) is 7.44. The van der Waals surface area contributed by atoms with Crippen LogP contribution in [-0.4, -0.2) is 6.10 Å². The summed E-state index contributed by atoms with van der Waals surface area (Å²) in [6.07, 6.45) is 3.42. The SMILES string of the molecule is C=CC(=CC)C(C)Oc1ccccc1F. The second-order valence-electron chi connectivity index (χ2n) is 3.18. The van der Waals surface area contributed by atoms with Crippen molar-refractivity contribution in [2.75, 3.05) is 0 Å². The number of rotatable bonds is 4. The molecule has 0 heterocycles. The van der Waals surface area contributed by atoms with Crippen LogP contribution in [0.3, 0.4) is 0 Å². The molecule has 0 aliphatic heterocycles. The van der Waals surface area contributed by atoms with Crippen LogP contribution >= 0.6 is 0 Å². The maximum Gasteiger partial charge on any atom is 0.165 e. The Kier molecular flexibility index (Phi) is 4.10. The molecule has 1 aromatic carbocycles. The zero-order chi connectivity index (χ0) is 11.3. The van der Waals surface area contributed by atoms with Crippen molar-refractivity contribution in [3.63, 3.8) is 0 Å². The van der Waals surface area contributed by atoms with E-state index < -0.39 is 0 Å². The van der Waals surface area contributed by atoms with Crippen LogP contribution in [0.5, 0.6) is 5.75 Å². The van der Waals surface area contributed by atoms with Gasteiger partial charge in [-0.25, -0.2) is 4.39 Å². The van der Waals surface area contributed by atoms with Crippen molar-refractivity contribution < 1.29 is 9.13 Å². The second-order valence-corrected chi connectivity index (χ2v) is 3.18. The van der Waals surface area contributed by atoms with Crippen molar-refractivity contribution in [2.24, 2.45) is 0 Å². The molecule has 1 unspecified atom stereocenters. The highest BCUT2D eigenvalue weighted by molar-refractivity contribution is 5.27. The standard InChI is InChI=1S/C13H15FO/c1-4-11(5-2)10(3)15-13-9-7-6-8-12(13)14/h4-10H,1H2,2-3H3. The number of para-hydroxylation sites is 1. The fraction of sp³-hybridized carbons (Fsp3) is 0.231. The van der Waals surface area contributed by atoms with Crippen LogP contribution in [0.15, 0.2) is 48.6 Å². The highest BCUT2D eigenvalue weighted by Gasteiger charge is 2.09. The second kappa shape index (κ2) is 5.35. The molecule has 0 aromatic heterocycles. The minimum absolute atomic E-state index is 0.190. The van der Waals surface area contributed by atoms with Crippen LogP contribution in [0.4, 0.5) is 4.39 Å². The minimum atomic E-state index is -0.344. The van der Waals surface area contributed by atoms with Gasteiger partial charge in [0.1, 0.15) is 6.10 Å². The quantitative estimate of drug-likeness (QED) is 0.682. The number of hydrogen-bond donors (Lipinski definition) is 0. The van der Waals surface area contributed by atoms with E-state index in [0.717, 1.165) is 5.57 Å². The third kappa shape index (κ3) is 2.94. The molecule has 0 saturated heterocycles. The third-order valence-corrected chi connectivity index (χ3v) is 2.18. The van der Waals surface area contributed by atoms with Gasteiger partial charge in [-0.05, 0) is 31.6 Å². The average Bonchev–Trinajstić information content (AvgIpc) is 2.23. The van der Waals surface area contributed by atoms with Crippen LogP contribution < -0.4 is 4.74 Å². The lowest BCUT2D eigenvalue weighted by Crippen LogP contribution is -2.14. The summed E-state index contributed by atoms with van der Waals surface area (Å²) in [4.78, 5) is 0. The number of halogens is 1. The van der Waals surface area contributed by atoms with Gasteiger partial charge in [-0.15, -0.1) is 0 Å². The van der Waals surface area contributed by atoms with Gasteiger partial charge in [0.05, 0.1) is 0 Å². The first-order chi connectivity index (χ1) is 7.19. The Labute approximate surface area is 89.9 Å². The van der Waals surface area contributed by atoms with E-state index in [-0.39, 0.29) is 17.7 Å². The molecule has 1 aromatic rings. The van der Waals surface area contributed by atoms with Crippen molar-refractivity contribution >= 4 is 0 Å². The van der Waals surface area contributed by atoms with Gasteiger partial charge in [-0.1, -0.05) is 30.9 Å². The fourth-order valence-electron chi connectivity index (χ4n) is 1.32. The van der Waals surface area contributed by atoms with E-state index in [2.05, 4.69) is 6.58 Å². The molecule has 0 aliphatic carbocycles. The maximum atomic E-state index is 13.3. The van der Waals surface area contributed by atoms with Gasteiger partial charge in [-0.3, -0.25) is 0 Å². The van der Waals surface area contributed by atoms with E-state index in [9.17, 15) is 4.39 Å². The number of benzene rings is 1. The van der Waals surface area contributed by atoms with Gasteiger partial charge < -0.3 is 4.74 Å². The topological polar surface area (TPSA) is 9.23 Å². The Morgan fingerprint density at radius 3 is 2.67 bits per heavy atom. The van der Waals surface area contributed by atoms with E-state index in [4.69, 9.17) is 4.74 Å². The van der Waals surface area contributed by atoms with E-state index in [1.165, 1.54) is 6.07 Å². The summed E-state index contributed by atoms with van der Waals surface area (Å²) in [7, 11) is 0. The molecule has 1 rings (SSSR count). The fourth-order valence-corrected chi connectivity index (χ4v) is 1.32. The first kappa shape index (κ1) is 11.5. The van der Waals surface area contributed by atoms with Crippen LogP contribution in [0.2, 0.25) is 0 Å². The third-order valence-electron chi connectivity index (χ3n) is 2.18. The number of ether oxygens (including phenoxy) is 1. The number of allylic oxidation sites excluding steroid dienone is 1. The van der Waals surface area contributed by atoms with Crippen LogP contribution in [0.25, 0.3) is 0 Å². The van der Waals surface area contributed by atoms with Crippen LogP contribution in [-0.2, 0) is 0 Å². The molecule has 1 atom stereocenters. The summed E-state index contributed by atoms with van der Waals surface area (Å²) < 4.78 is 18.7. The predicted molar refractivity (Wildman–Crippen MR) is 60.4 cm³/mol. The van der Waals surface area contributed by atoms with Crippen molar-refractivity contribution in [3.05, 3.63) is 54.4 Å². The lowest BCUT2D eigenvalue weighted by atomic mass is 10.1. The van der Waals surface area contributed by atoms with Gasteiger partial charge >= 0.3 is 0 Å². The molecule has 15 heavy (non-hydrogen) atoms. The molecule has 0 bridgehead atoms. The highest BCUT2D eigenvalue weighted by Crippen LogP contribution is 2.19. The molecular formula is C13H15FO. The molecule has 80 valence electrons. The Hall–Kier alpha value is -1.57. The first-order valence-electron chi connectivity index (χ1n) is 4.89. The zero-order valence-corrected chi connectivity index (χ0v) is 9.03. The summed E-state index contributed by atoms with van der Waals surface area (Å²) in [6, 6.07) is 6.37. The Morgan fingerprint density at radius 1 is 1.47 bits per heavy atom. The summed E-state index contributed by atoms with van der Waals surface area (Å²) in [5.74, 6) is -0.0740. The first-order valence-corrected chi connectivity index (χ1v) is 4.89. The molecule has 0 saturated carbocycles. The summed E-state index contributed by atoms with van der Waals surface area (Å²) in [5, 5.41) is 0.